The van der Waals surface area contributed by atoms with Crippen LogP contribution in [0.15, 0.2) is 23.2 Å². The van der Waals surface area contributed by atoms with Crippen molar-refractivity contribution in [2.24, 2.45) is 10.4 Å². The fourth-order valence-electron chi connectivity index (χ4n) is 3.48. The van der Waals surface area contributed by atoms with Crippen molar-refractivity contribution in [3.8, 4) is 5.75 Å². The van der Waals surface area contributed by atoms with Crippen molar-refractivity contribution in [1.29, 1.82) is 0 Å². The number of aryl methyl sites for hydroxylation is 1. The summed E-state index contributed by atoms with van der Waals surface area (Å²) in [5.74, 6) is 1.79. The normalized spacial score (nSPS) is 20.1. The Morgan fingerprint density at radius 1 is 1.31 bits per heavy atom. The van der Waals surface area contributed by atoms with Gasteiger partial charge in [-0.15, -0.1) is 24.0 Å². The number of hydrogen-bond acceptors (Lipinski definition) is 4. The molecule has 164 valence electrons. The average molecular weight is 517 g/mol. The molecular weight excluding hydrogens is 481 g/mol. The molecule has 2 N–H and O–H groups in total. The summed E-state index contributed by atoms with van der Waals surface area (Å²) in [5, 5.41) is 6.89. The summed E-state index contributed by atoms with van der Waals surface area (Å²) in [6, 6.07) is 6.34. The number of halogens is 1. The molecule has 1 saturated heterocycles. The molecule has 2 aliphatic rings. The smallest absolute Gasteiger partial charge is 0.191 e. The molecule has 1 saturated carbocycles. The van der Waals surface area contributed by atoms with Gasteiger partial charge in [0.25, 0.3) is 0 Å². The number of nitrogens with one attached hydrogen (secondary N) is 2. The fourth-order valence-corrected chi connectivity index (χ4v) is 3.48. The maximum Gasteiger partial charge on any atom is 0.191 e. The van der Waals surface area contributed by atoms with Crippen LogP contribution in [0.3, 0.4) is 0 Å². The molecule has 1 aliphatic carbocycles. The third-order valence-electron chi connectivity index (χ3n) is 5.58. The zero-order valence-corrected chi connectivity index (χ0v) is 20.3. The van der Waals surface area contributed by atoms with Gasteiger partial charge in [0.15, 0.2) is 5.96 Å². The first-order valence-corrected chi connectivity index (χ1v) is 10.5. The van der Waals surface area contributed by atoms with Crippen molar-refractivity contribution in [3.05, 3.63) is 29.3 Å². The Bertz CT molecular complexity index is 659. The largest absolute Gasteiger partial charge is 0.488 e. The minimum atomic E-state index is 0. The first-order valence-electron chi connectivity index (χ1n) is 10.5. The van der Waals surface area contributed by atoms with Gasteiger partial charge in [0.05, 0.1) is 19.8 Å². The van der Waals surface area contributed by atoms with Crippen LogP contribution in [0.1, 0.15) is 43.7 Å². The van der Waals surface area contributed by atoms with Crippen molar-refractivity contribution < 1.29 is 14.2 Å². The average Bonchev–Trinajstić information content (AvgIpc) is 3.28. The van der Waals surface area contributed by atoms with Crippen LogP contribution in [0.2, 0.25) is 0 Å². The van der Waals surface area contributed by atoms with Crippen LogP contribution in [0.4, 0.5) is 0 Å². The van der Waals surface area contributed by atoms with Crippen LogP contribution in [-0.2, 0) is 16.0 Å². The van der Waals surface area contributed by atoms with Crippen molar-refractivity contribution in [1.82, 2.24) is 10.6 Å². The first-order chi connectivity index (χ1) is 13.6. The zero-order valence-electron chi connectivity index (χ0n) is 18.0. The van der Waals surface area contributed by atoms with Crippen LogP contribution in [0.25, 0.3) is 0 Å². The lowest BCUT2D eigenvalue weighted by atomic mass is 10.0. The highest BCUT2D eigenvalue weighted by atomic mass is 127. The molecule has 29 heavy (non-hydrogen) atoms. The van der Waals surface area contributed by atoms with Crippen LogP contribution in [-0.4, -0.2) is 52.1 Å². The summed E-state index contributed by atoms with van der Waals surface area (Å²) in [5.41, 5.74) is 2.68. The molecule has 1 aromatic carbocycles. The molecule has 1 aliphatic heterocycles. The number of hydrogen-bond donors (Lipinski definition) is 2. The maximum atomic E-state index is 6.20. The van der Waals surface area contributed by atoms with Crippen LogP contribution in [0, 0.1) is 12.3 Å². The number of rotatable bonds is 10. The number of nitrogens with zero attached hydrogens (tertiary/aromatic N) is 1. The van der Waals surface area contributed by atoms with Crippen LogP contribution >= 0.6 is 24.0 Å². The van der Waals surface area contributed by atoms with Crippen molar-refractivity contribution in [2.75, 3.05) is 40.0 Å². The second-order valence-electron chi connectivity index (χ2n) is 8.01. The van der Waals surface area contributed by atoms with E-state index in [0.717, 1.165) is 56.4 Å². The molecule has 1 unspecified atom stereocenters. The van der Waals surface area contributed by atoms with Gasteiger partial charge in [-0.2, -0.15) is 0 Å². The van der Waals surface area contributed by atoms with Crippen molar-refractivity contribution in [3.63, 3.8) is 0 Å². The molecular formula is C22H36IN3O3. The van der Waals surface area contributed by atoms with Gasteiger partial charge in [0.2, 0.25) is 0 Å². The first kappa shape index (κ1) is 24.2. The second-order valence-corrected chi connectivity index (χ2v) is 8.01. The third kappa shape index (κ3) is 7.61. The Kier molecular flexibility index (Phi) is 9.98. The van der Waals surface area contributed by atoms with Crippen LogP contribution < -0.4 is 15.4 Å². The molecule has 1 aromatic rings. The predicted octanol–water partition coefficient (Wildman–Crippen LogP) is 3.65. The van der Waals surface area contributed by atoms with E-state index >= 15 is 0 Å². The van der Waals surface area contributed by atoms with Gasteiger partial charge in [-0.1, -0.05) is 12.1 Å². The summed E-state index contributed by atoms with van der Waals surface area (Å²) in [7, 11) is 1.77. The van der Waals surface area contributed by atoms with E-state index in [9.17, 15) is 0 Å². The molecule has 0 amide bonds. The maximum absolute atomic E-state index is 6.20. The van der Waals surface area contributed by atoms with Gasteiger partial charge in [0, 0.05) is 38.8 Å². The van der Waals surface area contributed by atoms with Crippen LogP contribution in [0.5, 0.6) is 5.75 Å². The van der Waals surface area contributed by atoms with E-state index in [0.29, 0.717) is 18.6 Å². The number of aliphatic imine (C=N–C) groups is 1. The summed E-state index contributed by atoms with van der Waals surface area (Å²) >= 11 is 0. The quantitative estimate of drug-likeness (QED) is 0.282. The zero-order chi connectivity index (χ0) is 19.8. The summed E-state index contributed by atoms with van der Waals surface area (Å²) < 4.78 is 16.9. The molecule has 1 heterocycles. The molecule has 7 heteroatoms. The lowest BCUT2D eigenvalue weighted by molar-refractivity contribution is 0.140. The number of benzene rings is 1. The monoisotopic (exact) mass is 517 g/mol. The second kappa shape index (κ2) is 12.0. The lowest BCUT2D eigenvalue weighted by Crippen LogP contribution is -2.40. The van der Waals surface area contributed by atoms with E-state index in [4.69, 9.17) is 19.2 Å². The highest BCUT2D eigenvalue weighted by Crippen LogP contribution is 2.48. The molecule has 6 nitrogen and oxygen atoms in total. The van der Waals surface area contributed by atoms with Gasteiger partial charge >= 0.3 is 0 Å². The topological polar surface area (TPSA) is 64.1 Å². The minimum Gasteiger partial charge on any atom is -0.488 e. The Hall–Kier alpha value is -1.06. The SMILES string of the molecule is CCNC(=NCc1ccc(C)cc1OC1CCOC1)NCC1(CCOC)CC1.I. The van der Waals surface area contributed by atoms with E-state index in [1.807, 2.05) is 0 Å². The molecule has 3 rings (SSSR count). The highest BCUT2D eigenvalue weighted by molar-refractivity contribution is 14.0. The molecule has 0 aromatic heterocycles. The van der Waals surface area contributed by atoms with Crippen molar-refractivity contribution >= 4 is 29.9 Å². The van der Waals surface area contributed by atoms with E-state index < -0.39 is 0 Å². The van der Waals surface area contributed by atoms with Gasteiger partial charge in [-0.3, -0.25) is 0 Å². The predicted molar refractivity (Wildman–Crippen MR) is 127 cm³/mol. The molecule has 0 radical (unpaired) electrons. The molecule has 0 bridgehead atoms. The van der Waals surface area contributed by atoms with Gasteiger partial charge in [-0.05, 0) is 50.2 Å². The number of methoxy groups -OCH3 is 1. The minimum absolute atomic E-state index is 0. The van der Waals surface area contributed by atoms with Gasteiger partial charge in [0.1, 0.15) is 11.9 Å². The van der Waals surface area contributed by atoms with E-state index in [-0.39, 0.29) is 30.1 Å². The number of guanidine groups is 1. The summed E-state index contributed by atoms with van der Waals surface area (Å²) in [4.78, 5) is 4.81. The Balaban J connectivity index is 0.00000300. The van der Waals surface area contributed by atoms with Gasteiger partial charge < -0.3 is 24.8 Å². The van der Waals surface area contributed by atoms with Gasteiger partial charge in [-0.25, -0.2) is 4.99 Å². The molecule has 2 fully saturated rings. The third-order valence-corrected chi connectivity index (χ3v) is 5.58. The number of ether oxygens (including phenoxy) is 3. The van der Waals surface area contributed by atoms with Crippen molar-refractivity contribution in [2.45, 2.75) is 52.2 Å². The molecule has 0 spiro atoms. The Morgan fingerprint density at radius 3 is 2.79 bits per heavy atom. The lowest BCUT2D eigenvalue weighted by Gasteiger charge is -2.19. The standard InChI is InChI=1S/C22H35N3O3.HI/c1-4-23-21(25-16-22(8-9-22)10-12-26-3)24-14-18-6-5-17(2)13-20(18)28-19-7-11-27-15-19;/h5-6,13,19H,4,7-12,14-16H2,1-3H3,(H2,23,24,25);1H. The fraction of sp³-hybridized carbons (Fsp3) is 0.682. The Labute approximate surface area is 192 Å². The Morgan fingerprint density at radius 2 is 2.14 bits per heavy atom. The highest BCUT2D eigenvalue weighted by Gasteiger charge is 2.41. The van der Waals surface area contributed by atoms with E-state index in [2.05, 4.69) is 42.7 Å². The molecule has 1 atom stereocenters. The summed E-state index contributed by atoms with van der Waals surface area (Å²) in [6.45, 7) is 8.83. The van der Waals surface area contributed by atoms with E-state index in [1.54, 1.807) is 7.11 Å². The summed E-state index contributed by atoms with van der Waals surface area (Å²) in [6.07, 6.45) is 4.73. The van der Waals surface area contributed by atoms with E-state index in [1.165, 1.54) is 18.4 Å².